The number of nitrogens with one attached hydrogen (secondary N) is 1. The van der Waals surface area contributed by atoms with Crippen LogP contribution in [0.3, 0.4) is 0 Å². The molecule has 6 heteroatoms. The lowest BCUT2D eigenvalue weighted by Crippen LogP contribution is -1.80. The molecule has 0 unspecified atom stereocenters. The third-order valence-corrected chi connectivity index (χ3v) is 1.45. The van der Waals surface area contributed by atoms with Crippen LogP contribution in [-0.2, 0) is 0 Å². The maximum atomic E-state index is 4.46. The van der Waals surface area contributed by atoms with Gasteiger partial charge in [0.25, 0.3) is 0 Å². The minimum Gasteiger partial charge on any atom is -0.340 e. The Morgan fingerprint density at radius 2 is 2.33 bits per heavy atom. The molecule has 0 aliphatic heterocycles. The number of isothiocyanates is 1. The van der Waals surface area contributed by atoms with Gasteiger partial charge in [0.1, 0.15) is 11.8 Å². The van der Waals surface area contributed by atoms with Gasteiger partial charge in [0.2, 0.25) is 0 Å². The number of aliphatic imine (C=N–C) groups is 1. The lowest BCUT2D eigenvalue weighted by Gasteiger charge is -1.89. The zero-order valence-corrected chi connectivity index (χ0v) is 6.67. The second kappa shape index (κ2) is 2.77. The Hall–Kier alpha value is -1.65. The first-order valence-electron chi connectivity index (χ1n) is 3.14. The smallest absolute Gasteiger partial charge is 0.191 e. The zero-order valence-electron chi connectivity index (χ0n) is 5.85. The van der Waals surface area contributed by atoms with Gasteiger partial charge in [-0.05, 0) is 12.2 Å². The maximum Gasteiger partial charge on any atom is 0.191 e. The number of rotatable bonds is 1. The number of hydrogen-bond donors (Lipinski definition) is 1. The fourth-order valence-electron chi connectivity index (χ4n) is 0.880. The van der Waals surface area contributed by atoms with Crippen molar-refractivity contribution in [1.29, 1.82) is 0 Å². The van der Waals surface area contributed by atoms with E-state index in [4.69, 9.17) is 0 Å². The molecule has 0 aliphatic carbocycles. The van der Waals surface area contributed by atoms with E-state index in [-0.39, 0.29) is 0 Å². The molecule has 0 fully saturated rings. The molecule has 2 heterocycles. The Bertz CT molecular complexity index is 456. The van der Waals surface area contributed by atoms with Crippen LogP contribution in [0.25, 0.3) is 11.2 Å². The fourth-order valence-corrected chi connectivity index (χ4v) is 0.967. The standard InChI is InChI=1S/C6H3N5S/c12-3-11-6-4-5(8-1-7-4)9-2-10-6/h1-2H,(H,7,8,9,10). The molecule has 12 heavy (non-hydrogen) atoms. The Kier molecular flexibility index (Phi) is 1.62. The van der Waals surface area contributed by atoms with E-state index in [9.17, 15) is 0 Å². The van der Waals surface area contributed by atoms with Crippen LogP contribution >= 0.6 is 12.2 Å². The molecule has 2 aromatic heterocycles. The second-order valence-corrected chi connectivity index (χ2v) is 2.18. The fraction of sp³-hybridized carbons (Fsp3) is 0. The summed E-state index contributed by atoms with van der Waals surface area (Å²) >= 11 is 4.46. The Morgan fingerprint density at radius 1 is 1.42 bits per heavy atom. The summed E-state index contributed by atoms with van der Waals surface area (Å²) < 4.78 is 0. The zero-order chi connectivity index (χ0) is 8.39. The van der Waals surface area contributed by atoms with Crippen molar-refractivity contribution < 1.29 is 0 Å². The highest BCUT2D eigenvalue weighted by Gasteiger charge is 2.02. The van der Waals surface area contributed by atoms with E-state index in [1.807, 2.05) is 0 Å². The van der Waals surface area contributed by atoms with Gasteiger partial charge in [0.15, 0.2) is 11.5 Å². The van der Waals surface area contributed by atoms with E-state index in [0.29, 0.717) is 17.0 Å². The molecule has 0 bridgehead atoms. The molecule has 0 amide bonds. The molecule has 2 aromatic rings. The average Bonchev–Trinajstić information content (AvgIpc) is 2.53. The van der Waals surface area contributed by atoms with Gasteiger partial charge < -0.3 is 4.98 Å². The van der Waals surface area contributed by atoms with Crippen LogP contribution in [0.5, 0.6) is 0 Å². The Labute approximate surface area is 72.6 Å². The number of fused-ring (bicyclic) bond motifs is 1. The summed E-state index contributed by atoms with van der Waals surface area (Å²) in [6.45, 7) is 0. The third-order valence-electron chi connectivity index (χ3n) is 1.35. The molecule has 0 aromatic carbocycles. The van der Waals surface area contributed by atoms with Crippen molar-refractivity contribution in [1.82, 2.24) is 19.9 Å². The summed E-state index contributed by atoms with van der Waals surface area (Å²) in [6, 6.07) is 0. The first-order chi connectivity index (χ1) is 5.92. The quantitative estimate of drug-likeness (QED) is 0.523. The van der Waals surface area contributed by atoms with Crippen LogP contribution in [0.4, 0.5) is 5.82 Å². The molecule has 0 aliphatic rings. The van der Waals surface area contributed by atoms with Gasteiger partial charge in [0, 0.05) is 0 Å². The summed E-state index contributed by atoms with van der Waals surface area (Å²) in [5, 5.41) is 2.24. The maximum absolute atomic E-state index is 4.46. The highest BCUT2D eigenvalue weighted by atomic mass is 32.1. The van der Waals surface area contributed by atoms with E-state index < -0.39 is 0 Å². The number of aromatic nitrogens is 4. The van der Waals surface area contributed by atoms with Crippen LogP contribution in [-0.4, -0.2) is 25.1 Å². The highest BCUT2D eigenvalue weighted by molar-refractivity contribution is 7.78. The molecular weight excluding hydrogens is 174 g/mol. The van der Waals surface area contributed by atoms with Crippen molar-refractivity contribution in [2.24, 2.45) is 4.99 Å². The molecule has 5 nitrogen and oxygen atoms in total. The molecule has 58 valence electrons. The van der Waals surface area contributed by atoms with Crippen LogP contribution in [0.1, 0.15) is 0 Å². The van der Waals surface area contributed by atoms with Crippen molar-refractivity contribution in [2.75, 3.05) is 0 Å². The van der Waals surface area contributed by atoms with E-state index in [1.165, 1.54) is 12.7 Å². The number of imidazole rings is 1. The van der Waals surface area contributed by atoms with E-state index in [1.54, 1.807) is 0 Å². The SMILES string of the molecule is S=C=Nc1ncnc2nc[nH]c12. The van der Waals surface area contributed by atoms with Gasteiger partial charge in [-0.15, -0.1) is 0 Å². The highest BCUT2D eigenvalue weighted by Crippen LogP contribution is 2.16. The van der Waals surface area contributed by atoms with Gasteiger partial charge >= 0.3 is 0 Å². The van der Waals surface area contributed by atoms with Crippen molar-refractivity contribution in [2.45, 2.75) is 0 Å². The molecule has 0 saturated carbocycles. The largest absolute Gasteiger partial charge is 0.340 e. The third kappa shape index (κ3) is 0.990. The summed E-state index contributed by atoms with van der Waals surface area (Å²) in [5.41, 5.74) is 1.25. The predicted octanol–water partition coefficient (Wildman–Crippen LogP) is 1.09. The lowest BCUT2D eigenvalue weighted by atomic mass is 10.5. The lowest BCUT2D eigenvalue weighted by molar-refractivity contribution is 1.19. The monoisotopic (exact) mass is 177 g/mol. The number of thiocarbonyl (C=S) groups is 1. The average molecular weight is 177 g/mol. The van der Waals surface area contributed by atoms with Gasteiger partial charge in [0.05, 0.1) is 11.5 Å². The second-order valence-electron chi connectivity index (χ2n) is 2.00. The molecule has 1 N–H and O–H groups in total. The summed E-state index contributed by atoms with van der Waals surface area (Å²) in [5.74, 6) is 0.465. The van der Waals surface area contributed by atoms with Crippen molar-refractivity contribution in [3.63, 3.8) is 0 Å². The Morgan fingerprint density at radius 3 is 3.17 bits per heavy atom. The van der Waals surface area contributed by atoms with Crippen LogP contribution in [0, 0.1) is 0 Å². The van der Waals surface area contributed by atoms with Gasteiger partial charge in [-0.25, -0.2) is 15.0 Å². The Balaban J connectivity index is 2.81. The normalized spacial score (nSPS) is 9.67. The summed E-state index contributed by atoms with van der Waals surface area (Å²) in [7, 11) is 0. The predicted molar refractivity (Wildman–Crippen MR) is 46.4 cm³/mol. The van der Waals surface area contributed by atoms with E-state index in [0.717, 1.165) is 0 Å². The van der Waals surface area contributed by atoms with Crippen molar-refractivity contribution in [3.05, 3.63) is 12.7 Å². The molecular formula is C6H3N5S. The minimum atomic E-state index is 0.465. The summed E-state index contributed by atoms with van der Waals surface area (Å²) in [6.07, 6.45) is 2.91. The number of nitrogens with zero attached hydrogens (tertiary/aromatic N) is 4. The number of hydrogen-bond acceptors (Lipinski definition) is 5. The first kappa shape index (κ1) is 7.02. The molecule has 0 saturated heterocycles. The number of H-pyrrole nitrogens is 1. The molecule has 0 radical (unpaired) electrons. The number of aromatic amines is 1. The van der Waals surface area contributed by atoms with Crippen LogP contribution in [0.2, 0.25) is 0 Å². The van der Waals surface area contributed by atoms with E-state index >= 15 is 0 Å². The van der Waals surface area contributed by atoms with Gasteiger partial charge in [-0.2, -0.15) is 4.99 Å². The van der Waals surface area contributed by atoms with Crippen molar-refractivity contribution in [3.8, 4) is 0 Å². The molecule has 0 spiro atoms. The molecule has 0 atom stereocenters. The van der Waals surface area contributed by atoms with Gasteiger partial charge in [-0.1, -0.05) is 0 Å². The van der Waals surface area contributed by atoms with E-state index in [2.05, 4.69) is 42.3 Å². The van der Waals surface area contributed by atoms with Crippen LogP contribution < -0.4 is 0 Å². The van der Waals surface area contributed by atoms with Crippen molar-refractivity contribution >= 4 is 34.4 Å². The summed E-state index contributed by atoms with van der Waals surface area (Å²) in [4.78, 5) is 18.3. The first-order valence-corrected chi connectivity index (χ1v) is 3.54. The minimum absolute atomic E-state index is 0.465. The topological polar surface area (TPSA) is 66.8 Å². The molecule has 2 rings (SSSR count). The van der Waals surface area contributed by atoms with Crippen LogP contribution in [0.15, 0.2) is 17.6 Å². The van der Waals surface area contributed by atoms with Gasteiger partial charge in [-0.3, -0.25) is 0 Å².